The molecule has 0 bridgehead atoms. The van der Waals surface area contributed by atoms with Crippen molar-refractivity contribution in [2.75, 3.05) is 0 Å². The third-order valence-corrected chi connectivity index (χ3v) is 2.89. The number of pyridine rings is 1. The predicted molar refractivity (Wildman–Crippen MR) is 67.7 cm³/mol. The average Bonchev–Trinajstić information content (AvgIpc) is 2.33. The minimum absolute atomic E-state index is 0.0473. The molecular weight excluding hydrogens is 212 g/mol. The molecule has 3 heteroatoms. The van der Waals surface area contributed by atoms with Crippen LogP contribution in [-0.4, -0.2) is 4.57 Å². The molecule has 2 rings (SSSR count). The first-order valence-corrected chi connectivity index (χ1v) is 5.62. The Bertz CT molecular complexity index is 649. The minimum Gasteiger partial charge on any atom is -0.307 e. The Morgan fingerprint density at radius 2 is 2.12 bits per heavy atom. The average molecular weight is 226 g/mol. The first-order valence-electron chi connectivity index (χ1n) is 5.62. The van der Waals surface area contributed by atoms with E-state index in [1.54, 1.807) is 10.6 Å². The summed E-state index contributed by atoms with van der Waals surface area (Å²) in [6, 6.07) is 11.5. The smallest absolute Gasteiger partial charge is 0.251 e. The second-order valence-electron chi connectivity index (χ2n) is 4.33. The summed E-state index contributed by atoms with van der Waals surface area (Å²) in [5, 5.41) is 9.90. The van der Waals surface area contributed by atoms with Crippen molar-refractivity contribution in [1.29, 1.82) is 5.26 Å². The van der Waals surface area contributed by atoms with E-state index < -0.39 is 0 Å². The number of rotatable bonds is 2. The van der Waals surface area contributed by atoms with Gasteiger partial charge in [0.15, 0.2) is 0 Å². The van der Waals surface area contributed by atoms with Gasteiger partial charge < -0.3 is 4.57 Å². The molecule has 0 saturated heterocycles. The van der Waals surface area contributed by atoms with Crippen molar-refractivity contribution in [3.8, 4) is 6.07 Å². The monoisotopic (exact) mass is 226 g/mol. The zero-order chi connectivity index (χ0) is 12.4. The number of hydrogen-bond donors (Lipinski definition) is 0. The maximum atomic E-state index is 11.9. The van der Waals surface area contributed by atoms with Gasteiger partial charge in [-0.2, -0.15) is 5.26 Å². The van der Waals surface area contributed by atoms with E-state index in [4.69, 9.17) is 5.26 Å². The van der Waals surface area contributed by atoms with E-state index in [0.717, 1.165) is 16.5 Å². The number of para-hydroxylation sites is 1. The number of benzene rings is 1. The molecule has 0 amide bonds. The molecule has 0 fully saturated rings. The van der Waals surface area contributed by atoms with Gasteiger partial charge in [-0.1, -0.05) is 18.2 Å². The molecule has 1 aromatic heterocycles. The van der Waals surface area contributed by atoms with Gasteiger partial charge >= 0.3 is 0 Å². The maximum Gasteiger partial charge on any atom is 0.251 e. The summed E-state index contributed by atoms with van der Waals surface area (Å²) >= 11 is 0. The van der Waals surface area contributed by atoms with E-state index >= 15 is 0 Å². The van der Waals surface area contributed by atoms with Crippen LogP contribution in [0.25, 0.3) is 10.9 Å². The van der Waals surface area contributed by atoms with Gasteiger partial charge in [0.05, 0.1) is 17.5 Å². The molecule has 0 spiro atoms. The standard InChI is InChI=1S/C14H14N2O/c1-10(8-15)9-16-13(17)7-6-12-5-3-4-11(2)14(12)16/h3-7,10H,9H2,1-2H3. The van der Waals surface area contributed by atoms with E-state index in [1.165, 1.54) is 0 Å². The fourth-order valence-electron chi connectivity index (χ4n) is 2.04. The van der Waals surface area contributed by atoms with E-state index in [-0.39, 0.29) is 11.5 Å². The molecule has 1 unspecified atom stereocenters. The normalized spacial score (nSPS) is 12.3. The third kappa shape index (κ3) is 2.07. The molecule has 0 aliphatic heterocycles. The van der Waals surface area contributed by atoms with Gasteiger partial charge in [-0.3, -0.25) is 4.79 Å². The van der Waals surface area contributed by atoms with E-state index in [9.17, 15) is 4.79 Å². The van der Waals surface area contributed by atoms with Gasteiger partial charge in [-0.25, -0.2) is 0 Å². The highest BCUT2D eigenvalue weighted by molar-refractivity contribution is 5.82. The summed E-state index contributed by atoms with van der Waals surface area (Å²) in [6.07, 6.45) is 0. The van der Waals surface area contributed by atoms with Gasteiger partial charge in [0.1, 0.15) is 0 Å². The number of aryl methyl sites for hydroxylation is 1. The highest BCUT2D eigenvalue weighted by atomic mass is 16.1. The van der Waals surface area contributed by atoms with Crippen LogP contribution in [0.15, 0.2) is 35.1 Å². The van der Waals surface area contributed by atoms with Gasteiger partial charge in [-0.05, 0) is 30.9 Å². The largest absolute Gasteiger partial charge is 0.307 e. The Balaban J connectivity index is 2.72. The minimum atomic E-state index is -0.169. The number of aromatic nitrogens is 1. The quantitative estimate of drug-likeness (QED) is 0.789. The summed E-state index contributed by atoms with van der Waals surface area (Å²) in [7, 11) is 0. The zero-order valence-corrected chi connectivity index (χ0v) is 9.97. The van der Waals surface area contributed by atoms with Crippen LogP contribution in [0.1, 0.15) is 12.5 Å². The number of nitriles is 1. The highest BCUT2D eigenvalue weighted by Gasteiger charge is 2.08. The van der Waals surface area contributed by atoms with Gasteiger partial charge in [0.25, 0.3) is 5.56 Å². The Labute approximate surface area is 99.9 Å². The molecule has 3 nitrogen and oxygen atoms in total. The van der Waals surface area contributed by atoms with Crippen LogP contribution in [-0.2, 0) is 6.54 Å². The van der Waals surface area contributed by atoms with Crippen molar-refractivity contribution in [2.45, 2.75) is 20.4 Å². The molecule has 17 heavy (non-hydrogen) atoms. The molecule has 0 saturated carbocycles. The van der Waals surface area contributed by atoms with Crippen molar-refractivity contribution >= 4 is 10.9 Å². The van der Waals surface area contributed by atoms with Crippen molar-refractivity contribution in [1.82, 2.24) is 4.57 Å². The summed E-state index contributed by atoms with van der Waals surface area (Å²) in [5.41, 5.74) is 1.95. The van der Waals surface area contributed by atoms with Crippen molar-refractivity contribution in [3.05, 3.63) is 46.2 Å². The van der Waals surface area contributed by atoms with Crippen molar-refractivity contribution < 1.29 is 0 Å². The molecule has 1 heterocycles. The molecule has 0 radical (unpaired) electrons. The lowest BCUT2D eigenvalue weighted by Gasteiger charge is -2.12. The molecular formula is C14H14N2O. The molecule has 1 aromatic carbocycles. The van der Waals surface area contributed by atoms with Crippen molar-refractivity contribution in [3.63, 3.8) is 0 Å². The molecule has 0 N–H and O–H groups in total. The molecule has 86 valence electrons. The summed E-state index contributed by atoms with van der Waals surface area (Å²) in [6.45, 7) is 4.25. The summed E-state index contributed by atoms with van der Waals surface area (Å²) in [4.78, 5) is 11.9. The Kier molecular flexibility index (Phi) is 2.97. The second kappa shape index (κ2) is 4.42. The van der Waals surface area contributed by atoms with Gasteiger partial charge in [0, 0.05) is 12.6 Å². The fourth-order valence-corrected chi connectivity index (χ4v) is 2.04. The molecule has 1 atom stereocenters. The van der Waals surface area contributed by atoms with Gasteiger partial charge in [0.2, 0.25) is 0 Å². The van der Waals surface area contributed by atoms with E-state index in [2.05, 4.69) is 6.07 Å². The lowest BCUT2D eigenvalue weighted by Crippen LogP contribution is -2.22. The number of fused-ring (bicyclic) bond motifs is 1. The van der Waals surface area contributed by atoms with Crippen LogP contribution in [0.2, 0.25) is 0 Å². The topological polar surface area (TPSA) is 45.8 Å². The second-order valence-corrected chi connectivity index (χ2v) is 4.33. The Morgan fingerprint density at radius 3 is 2.82 bits per heavy atom. The molecule has 0 aliphatic rings. The first-order chi connectivity index (χ1) is 8.13. The van der Waals surface area contributed by atoms with Crippen LogP contribution in [0.4, 0.5) is 0 Å². The lowest BCUT2D eigenvalue weighted by atomic mass is 10.1. The highest BCUT2D eigenvalue weighted by Crippen LogP contribution is 2.17. The number of nitrogens with zero attached hydrogens (tertiary/aromatic N) is 2. The zero-order valence-electron chi connectivity index (χ0n) is 9.97. The van der Waals surface area contributed by atoms with Crippen LogP contribution in [0, 0.1) is 24.2 Å². The molecule has 0 aliphatic carbocycles. The Hall–Kier alpha value is -2.08. The SMILES string of the molecule is Cc1cccc2ccc(=O)n(CC(C)C#N)c12. The van der Waals surface area contributed by atoms with E-state index in [1.807, 2.05) is 38.1 Å². The lowest BCUT2D eigenvalue weighted by molar-refractivity contribution is 0.580. The van der Waals surface area contributed by atoms with E-state index in [0.29, 0.717) is 6.54 Å². The fraction of sp³-hybridized carbons (Fsp3) is 0.286. The van der Waals surface area contributed by atoms with Crippen molar-refractivity contribution in [2.24, 2.45) is 5.92 Å². The van der Waals surface area contributed by atoms with Crippen LogP contribution < -0.4 is 5.56 Å². The number of hydrogen-bond acceptors (Lipinski definition) is 2. The first kappa shape index (κ1) is 11.4. The van der Waals surface area contributed by atoms with Crippen LogP contribution in [0.5, 0.6) is 0 Å². The Morgan fingerprint density at radius 1 is 1.35 bits per heavy atom. The summed E-state index contributed by atoms with van der Waals surface area (Å²) in [5.74, 6) is -0.169. The summed E-state index contributed by atoms with van der Waals surface area (Å²) < 4.78 is 1.69. The predicted octanol–water partition coefficient (Wildman–Crippen LogP) is 2.47. The molecule has 2 aromatic rings. The van der Waals surface area contributed by atoms with Crippen LogP contribution in [0.3, 0.4) is 0 Å². The third-order valence-electron chi connectivity index (χ3n) is 2.89. The van der Waals surface area contributed by atoms with Gasteiger partial charge in [-0.15, -0.1) is 0 Å². The van der Waals surface area contributed by atoms with Crippen LogP contribution >= 0.6 is 0 Å². The maximum absolute atomic E-state index is 11.9.